The fourth-order valence-corrected chi connectivity index (χ4v) is 10.1. The lowest BCUT2D eigenvalue weighted by Gasteiger charge is -2.25. The van der Waals surface area contributed by atoms with E-state index in [9.17, 15) is 19.4 Å². The SMILES string of the molecule is CC/C=C\C/C=C\C/C=C\C/C=C\CCCCCCCCCCCCCCCCCCC(=O)NC(COP(=O)(O)OCC[N+](C)(C)C)C(O)/C=C/CCCCCCCCCCCCCCCCCCCCCCC. The molecule has 3 unspecified atom stereocenters. The zero-order chi connectivity index (χ0) is 54.2. The third-order valence-corrected chi connectivity index (χ3v) is 15.2. The highest BCUT2D eigenvalue weighted by molar-refractivity contribution is 7.47. The molecule has 434 valence electrons. The summed E-state index contributed by atoms with van der Waals surface area (Å²) in [6.07, 6.45) is 76.2. The molecule has 0 aliphatic carbocycles. The fourth-order valence-electron chi connectivity index (χ4n) is 9.33. The molecule has 3 N–H and O–H groups in total. The molecule has 0 aromatic carbocycles. The summed E-state index contributed by atoms with van der Waals surface area (Å²) in [5.41, 5.74) is 0. The van der Waals surface area contributed by atoms with Gasteiger partial charge in [0.15, 0.2) is 0 Å². The third-order valence-electron chi connectivity index (χ3n) is 14.2. The van der Waals surface area contributed by atoms with Crippen molar-refractivity contribution in [1.82, 2.24) is 5.32 Å². The van der Waals surface area contributed by atoms with Crippen LogP contribution in [0, 0.1) is 0 Å². The Kier molecular flexibility index (Phi) is 54.6. The molecular formula is C65H124N2O6P+. The number of amides is 1. The largest absolute Gasteiger partial charge is 0.472 e. The Morgan fingerprint density at radius 2 is 0.811 bits per heavy atom. The number of nitrogens with one attached hydrogen (secondary N) is 1. The average Bonchev–Trinajstić information content (AvgIpc) is 3.36. The van der Waals surface area contributed by atoms with Crippen LogP contribution in [0.25, 0.3) is 0 Å². The van der Waals surface area contributed by atoms with Crippen LogP contribution in [0.15, 0.2) is 60.8 Å². The molecule has 3 atom stereocenters. The van der Waals surface area contributed by atoms with Crippen molar-refractivity contribution in [3.8, 4) is 0 Å². The molecule has 0 aromatic heterocycles. The number of hydrogen-bond donors (Lipinski definition) is 3. The van der Waals surface area contributed by atoms with Crippen LogP contribution in [-0.4, -0.2) is 73.4 Å². The van der Waals surface area contributed by atoms with E-state index in [4.69, 9.17) is 9.05 Å². The van der Waals surface area contributed by atoms with Gasteiger partial charge in [0.1, 0.15) is 13.2 Å². The first-order chi connectivity index (χ1) is 36.0. The highest BCUT2D eigenvalue weighted by atomic mass is 31.2. The fraction of sp³-hybridized carbons (Fsp3) is 0.831. The van der Waals surface area contributed by atoms with Crippen LogP contribution in [0.3, 0.4) is 0 Å². The highest BCUT2D eigenvalue weighted by Gasteiger charge is 2.27. The van der Waals surface area contributed by atoms with Crippen molar-refractivity contribution in [3.63, 3.8) is 0 Å². The molecule has 0 heterocycles. The van der Waals surface area contributed by atoms with E-state index in [-0.39, 0.29) is 19.1 Å². The number of phosphoric ester groups is 1. The molecule has 0 aliphatic rings. The quantitative estimate of drug-likeness (QED) is 0.0243. The number of carbonyl (C=O) groups excluding carboxylic acids is 1. The number of aliphatic hydroxyl groups excluding tert-OH is 1. The number of aliphatic hydroxyl groups is 1. The monoisotopic (exact) mass is 1060 g/mol. The topological polar surface area (TPSA) is 105 Å². The van der Waals surface area contributed by atoms with Crippen LogP contribution in [0.4, 0.5) is 0 Å². The molecule has 8 nitrogen and oxygen atoms in total. The summed E-state index contributed by atoms with van der Waals surface area (Å²) in [7, 11) is 1.58. The average molecular weight is 1060 g/mol. The summed E-state index contributed by atoms with van der Waals surface area (Å²) >= 11 is 0. The third kappa shape index (κ3) is 57.9. The molecule has 0 rings (SSSR count). The number of rotatable bonds is 58. The van der Waals surface area contributed by atoms with E-state index in [1.807, 2.05) is 27.2 Å². The number of quaternary nitrogens is 1. The van der Waals surface area contributed by atoms with Crippen LogP contribution in [-0.2, 0) is 18.4 Å². The van der Waals surface area contributed by atoms with E-state index in [0.29, 0.717) is 17.4 Å². The van der Waals surface area contributed by atoms with Gasteiger partial charge in [0.2, 0.25) is 5.91 Å². The van der Waals surface area contributed by atoms with Gasteiger partial charge in [0.25, 0.3) is 0 Å². The van der Waals surface area contributed by atoms with Crippen LogP contribution in [0.2, 0.25) is 0 Å². The highest BCUT2D eigenvalue weighted by Crippen LogP contribution is 2.43. The van der Waals surface area contributed by atoms with E-state index in [1.54, 1.807) is 6.08 Å². The van der Waals surface area contributed by atoms with Gasteiger partial charge in [-0.1, -0.05) is 293 Å². The first-order valence-corrected chi connectivity index (χ1v) is 33.2. The lowest BCUT2D eigenvalue weighted by Crippen LogP contribution is -2.45. The second kappa shape index (κ2) is 55.9. The molecule has 0 fully saturated rings. The van der Waals surface area contributed by atoms with Gasteiger partial charge in [-0.3, -0.25) is 13.8 Å². The van der Waals surface area contributed by atoms with E-state index in [2.05, 4.69) is 67.8 Å². The summed E-state index contributed by atoms with van der Waals surface area (Å²) in [6, 6.07) is -0.849. The number of phosphoric acid groups is 1. The zero-order valence-corrected chi connectivity index (χ0v) is 50.5. The van der Waals surface area contributed by atoms with Gasteiger partial charge in [0.05, 0.1) is 39.9 Å². The van der Waals surface area contributed by atoms with Gasteiger partial charge in [-0.05, 0) is 57.8 Å². The summed E-state index contributed by atoms with van der Waals surface area (Å²) in [5.74, 6) is -0.174. The second-order valence-electron chi connectivity index (χ2n) is 22.8. The van der Waals surface area contributed by atoms with E-state index in [1.165, 1.54) is 212 Å². The molecule has 0 aliphatic heterocycles. The Balaban J connectivity index is 4.12. The number of hydrogen-bond acceptors (Lipinski definition) is 5. The van der Waals surface area contributed by atoms with Gasteiger partial charge >= 0.3 is 7.82 Å². The van der Waals surface area contributed by atoms with Gasteiger partial charge in [-0.15, -0.1) is 0 Å². The van der Waals surface area contributed by atoms with E-state index < -0.39 is 20.0 Å². The van der Waals surface area contributed by atoms with Crippen molar-refractivity contribution >= 4 is 13.7 Å². The Labute approximate surface area is 460 Å². The molecule has 9 heteroatoms. The van der Waals surface area contributed by atoms with Crippen LogP contribution < -0.4 is 5.32 Å². The number of unbranched alkanes of at least 4 members (excludes halogenated alkanes) is 37. The maximum Gasteiger partial charge on any atom is 0.472 e. The molecule has 0 saturated heterocycles. The first kappa shape index (κ1) is 72.2. The molecule has 74 heavy (non-hydrogen) atoms. The summed E-state index contributed by atoms with van der Waals surface area (Å²) in [6.45, 7) is 4.74. The minimum absolute atomic E-state index is 0.0614. The van der Waals surface area contributed by atoms with E-state index in [0.717, 1.165) is 64.2 Å². The normalized spacial score (nSPS) is 14.2. The predicted octanol–water partition coefficient (Wildman–Crippen LogP) is 19.7. The standard InChI is InChI=1S/C65H123N2O6P/c1-6-8-10-12-14-16-18-20-22-24-26-28-30-31-32-33-34-35-37-39-41-43-45-47-49-51-53-55-57-59-65(69)66-63(62-73-74(70,71)72-61-60-67(3,4)5)64(68)58-56-54-52-50-48-46-44-42-40-38-36-29-27-25-23-21-19-17-15-13-11-9-7-2/h8,10,14,16,20,22,26,28,56,58,63-64,68H,6-7,9,11-13,15,17-19,21,23-25,27,29-55,57,59-62H2,1-5H3,(H-,66,69,70,71)/p+1/b10-8-,16-14-,22-20-,28-26-,58-56+. The summed E-state index contributed by atoms with van der Waals surface area (Å²) in [4.78, 5) is 23.4. The van der Waals surface area contributed by atoms with Crippen molar-refractivity contribution in [2.24, 2.45) is 0 Å². The number of likely N-dealkylation sites (N-methyl/N-ethyl adjacent to an activating group) is 1. The van der Waals surface area contributed by atoms with Crippen molar-refractivity contribution in [2.75, 3.05) is 40.9 Å². The van der Waals surface area contributed by atoms with Gasteiger partial charge < -0.3 is 19.8 Å². The summed E-state index contributed by atoms with van der Waals surface area (Å²) in [5, 5.41) is 14.0. The first-order valence-electron chi connectivity index (χ1n) is 31.7. The van der Waals surface area contributed by atoms with E-state index >= 15 is 0 Å². The maximum atomic E-state index is 13.0. The molecule has 0 saturated carbocycles. The van der Waals surface area contributed by atoms with Gasteiger partial charge in [-0.2, -0.15) is 0 Å². The Hall–Kier alpha value is -1.80. The van der Waals surface area contributed by atoms with Crippen LogP contribution in [0.5, 0.6) is 0 Å². The molecule has 0 bridgehead atoms. The molecule has 0 radical (unpaired) electrons. The van der Waals surface area contributed by atoms with Gasteiger partial charge in [0, 0.05) is 6.42 Å². The van der Waals surface area contributed by atoms with Crippen molar-refractivity contribution < 1.29 is 32.9 Å². The minimum Gasteiger partial charge on any atom is -0.387 e. The van der Waals surface area contributed by atoms with Crippen molar-refractivity contribution in [3.05, 3.63) is 60.8 Å². The molecule has 1 amide bonds. The van der Waals surface area contributed by atoms with Crippen molar-refractivity contribution in [2.45, 2.75) is 309 Å². The minimum atomic E-state index is -4.35. The Morgan fingerprint density at radius 3 is 1.19 bits per heavy atom. The number of nitrogens with zero attached hydrogens (tertiary/aromatic N) is 1. The van der Waals surface area contributed by atoms with Crippen LogP contribution >= 0.6 is 7.82 Å². The van der Waals surface area contributed by atoms with Gasteiger partial charge in [-0.25, -0.2) is 4.57 Å². The zero-order valence-electron chi connectivity index (χ0n) is 49.6. The second-order valence-corrected chi connectivity index (χ2v) is 24.2. The van der Waals surface area contributed by atoms with Crippen molar-refractivity contribution in [1.29, 1.82) is 0 Å². The number of allylic oxidation sites excluding steroid dienone is 9. The molecular weight excluding hydrogens is 936 g/mol. The molecule has 0 spiro atoms. The molecule has 0 aromatic rings. The summed E-state index contributed by atoms with van der Waals surface area (Å²) < 4.78 is 23.8. The Bertz CT molecular complexity index is 1390. The van der Waals surface area contributed by atoms with Crippen LogP contribution in [0.1, 0.15) is 296 Å². The smallest absolute Gasteiger partial charge is 0.387 e. The number of carbonyl (C=O) groups is 1. The Morgan fingerprint density at radius 1 is 0.473 bits per heavy atom. The predicted molar refractivity (Wildman–Crippen MR) is 323 cm³/mol. The lowest BCUT2D eigenvalue weighted by atomic mass is 10.0. The maximum absolute atomic E-state index is 13.0. The lowest BCUT2D eigenvalue weighted by molar-refractivity contribution is -0.870.